The Morgan fingerprint density at radius 3 is 2.12 bits per heavy atom. The molecule has 0 unspecified atom stereocenters. The van der Waals surface area contributed by atoms with Crippen molar-refractivity contribution in [1.29, 1.82) is 0 Å². The van der Waals surface area contributed by atoms with Gasteiger partial charge in [-0.25, -0.2) is 9.59 Å². The van der Waals surface area contributed by atoms with Gasteiger partial charge >= 0.3 is 11.9 Å². The maximum atomic E-state index is 12.5. The van der Waals surface area contributed by atoms with Crippen LogP contribution in [0.5, 0.6) is 0 Å². The number of hydrogen-bond donors (Lipinski definition) is 1. The average Bonchev–Trinajstić information content (AvgIpc) is 2.55. The summed E-state index contributed by atoms with van der Waals surface area (Å²) in [5.41, 5.74) is 7.00. The Morgan fingerprint density at radius 1 is 1.08 bits per heavy atom. The lowest BCUT2D eigenvalue weighted by molar-refractivity contribution is -0.140. The van der Waals surface area contributed by atoms with Crippen LogP contribution in [-0.4, -0.2) is 25.2 Å². The van der Waals surface area contributed by atoms with E-state index in [9.17, 15) is 9.59 Å². The second-order valence-electron chi connectivity index (χ2n) is 5.28. The van der Waals surface area contributed by atoms with Crippen LogP contribution in [0.2, 0.25) is 0 Å². The first-order valence-corrected chi connectivity index (χ1v) is 8.67. The van der Waals surface area contributed by atoms with Crippen LogP contribution in [0.3, 0.4) is 0 Å². The minimum atomic E-state index is -0.722. The third-order valence-corrected chi connectivity index (χ3v) is 4.21. The molecule has 0 spiro atoms. The molecule has 0 saturated heterocycles. The summed E-state index contributed by atoms with van der Waals surface area (Å²) in [6.45, 7) is 5.41. The summed E-state index contributed by atoms with van der Waals surface area (Å²) < 4.78 is 16.6. The number of carbonyl (C=O) groups is 2. The third-order valence-electron chi connectivity index (χ3n) is 3.68. The van der Waals surface area contributed by atoms with Crippen molar-refractivity contribution in [2.24, 2.45) is 5.73 Å². The number of rotatable bonds is 5. The van der Waals surface area contributed by atoms with Crippen LogP contribution in [0.15, 0.2) is 51.5 Å². The Bertz CT molecular complexity index is 696. The van der Waals surface area contributed by atoms with Crippen molar-refractivity contribution in [3.05, 3.63) is 57.1 Å². The van der Waals surface area contributed by atoms with E-state index in [1.807, 2.05) is 12.1 Å². The van der Waals surface area contributed by atoms with Crippen LogP contribution < -0.4 is 5.73 Å². The quantitative estimate of drug-likeness (QED) is 0.751. The molecule has 0 fully saturated rings. The van der Waals surface area contributed by atoms with Crippen molar-refractivity contribution in [1.82, 2.24) is 0 Å². The number of allylic oxidation sites excluding steroid dienone is 1. The van der Waals surface area contributed by atoms with E-state index < -0.39 is 17.9 Å². The van der Waals surface area contributed by atoms with Crippen LogP contribution in [0.25, 0.3) is 0 Å². The molecule has 0 saturated carbocycles. The average molecular weight is 410 g/mol. The van der Waals surface area contributed by atoms with Gasteiger partial charge in [-0.05, 0) is 38.5 Å². The van der Waals surface area contributed by atoms with E-state index in [-0.39, 0.29) is 30.2 Å². The number of benzene rings is 1. The fraction of sp³-hybridized carbons (Fsp3) is 0.333. The molecule has 25 heavy (non-hydrogen) atoms. The molecule has 0 bridgehead atoms. The molecule has 0 aromatic heterocycles. The van der Waals surface area contributed by atoms with Crippen molar-refractivity contribution in [2.45, 2.75) is 26.7 Å². The van der Waals surface area contributed by atoms with Gasteiger partial charge in [0.05, 0.1) is 24.7 Å². The molecule has 1 aliphatic rings. The lowest BCUT2D eigenvalue weighted by atomic mass is 9.82. The highest BCUT2D eigenvalue weighted by atomic mass is 79.9. The largest absolute Gasteiger partial charge is 0.463 e. The summed E-state index contributed by atoms with van der Waals surface area (Å²) in [5.74, 6) is -1.67. The van der Waals surface area contributed by atoms with Crippen molar-refractivity contribution in [2.75, 3.05) is 13.2 Å². The molecular formula is C18H20BrNO5. The smallest absolute Gasteiger partial charge is 0.340 e. The Labute approximate surface area is 154 Å². The zero-order valence-corrected chi connectivity index (χ0v) is 15.9. The predicted molar refractivity (Wildman–Crippen MR) is 95.1 cm³/mol. The Morgan fingerprint density at radius 2 is 1.60 bits per heavy atom. The topological polar surface area (TPSA) is 87.9 Å². The zero-order valence-electron chi connectivity index (χ0n) is 14.3. The standard InChI is InChI=1S/C18H20BrNO5/c1-4-23-17(21)13-10(3)25-16(20)15(18(22)24-5-2)14(13)11-6-8-12(19)9-7-11/h6-9,14H,4-5,20H2,1-3H3/t14-/m1/s1. The summed E-state index contributed by atoms with van der Waals surface area (Å²) >= 11 is 3.37. The normalized spacial score (nSPS) is 17.2. The third kappa shape index (κ3) is 4.04. The minimum Gasteiger partial charge on any atom is -0.463 e. The van der Waals surface area contributed by atoms with Gasteiger partial charge < -0.3 is 19.9 Å². The first kappa shape index (κ1) is 19.1. The molecule has 6 nitrogen and oxygen atoms in total. The molecule has 0 aliphatic carbocycles. The summed E-state index contributed by atoms with van der Waals surface area (Å²) in [5, 5.41) is 0. The number of hydrogen-bond acceptors (Lipinski definition) is 6. The van der Waals surface area contributed by atoms with E-state index in [0.717, 1.165) is 4.47 Å². The second kappa shape index (κ2) is 8.20. The molecular weight excluding hydrogens is 390 g/mol. The van der Waals surface area contributed by atoms with E-state index in [2.05, 4.69) is 15.9 Å². The molecule has 2 N–H and O–H groups in total. The second-order valence-corrected chi connectivity index (χ2v) is 6.19. The summed E-state index contributed by atoms with van der Waals surface area (Å²) in [6, 6.07) is 7.25. The number of halogens is 1. The summed E-state index contributed by atoms with van der Waals surface area (Å²) in [7, 11) is 0. The van der Waals surface area contributed by atoms with Gasteiger partial charge in [0.2, 0.25) is 5.88 Å². The highest BCUT2D eigenvalue weighted by Gasteiger charge is 2.39. The predicted octanol–water partition coefficient (Wildman–Crippen LogP) is 3.13. The van der Waals surface area contributed by atoms with Gasteiger partial charge in [-0.15, -0.1) is 0 Å². The van der Waals surface area contributed by atoms with E-state index in [0.29, 0.717) is 11.3 Å². The number of carbonyl (C=O) groups excluding carboxylic acids is 2. The lowest BCUT2D eigenvalue weighted by Crippen LogP contribution is -2.30. The molecule has 1 aliphatic heterocycles. The highest BCUT2D eigenvalue weighted by molar-refractivity contribution is 9.10. The minimum absolute atomic E-state index is 0.0723. The van der Waals surface area contributed by atoms with Crippen LogP contribution in [-0.2, 0) is 23.8 Å². The van der Waals surface area contributed by atoms with Crippen molar-refractivity contribution < 1.29 is 23.8 Å². The van der Waals surface area contributed by atoms with Gasteiger partial charge in [-0.2, -0.15) is 0 Å². The highest BCUT2D eigenvalue weighted by Crippen LogP contribution is 2.40. The van der Waals surface area contributed by atoms with Gasteiger partial charge in [-0.1, -0.05) is 28.1 Å². The molecule has 1 atom stereocenters. The SMILES string of the molecule is CCOC(=O)C1=C(C)OC(N)=C(C(=O)OCC)[C@@H]1c1ccc(Br)cc1. The van der Waals surface area contributed by atoms with Gasteiger partial charge in [-0.3, -0.25) is 0 Å². The number of ether oxygens (including phenoxy) is 3. The Kier molecular flexibility index (Phi) is 6.25. The van der Waals surface area contributed by atoms with Crippen molar-refractivity contribution >= 4 is 27.9 Å². The lowest BCUT2D eigenvalue weighted by Gasteiger charge is -2.28. The Hall–Kier alpha value is -2.28. The van der Waals surface area contributed by atoms with Gasteiger partial charge in [0.25, 0.3) is 0 Å². The number of esters is 2. The Balaban J connectivity index is 2.61. The molecule has 134 valence electrons. The van der Waals surface area contributed by atoms with Crippen LogP contribution >= 0.6 is 15.9 Å². The molecule has 2 rings (SSSR count). The van der Waals surface area contributed by atoms with Gasteiger partial charge in [0, 0.05) is 4.47 Å². The van der Waals surface area contributed by atoms with Crippen LogP contribution in [0, 0.1) is 0 Å². The fourth-order valence-electron chi connectivity index (χ4n) is 2.65. The monoisotopic (exact) mass is 409 g/mol. The molecule has 1 aromatic carbocycles. The van der Waals surface area contributed by atoms with Crippen LogP contribution in [0.1, 0.15) is 32.3 Å². The summed E-state index contributed by atoms with van der Waals surface area (Å²) in [4.78, 5) is 25.0. The maximum absolute atomic E-state index is 12.5. The van der Waals surface area contributed by atoms with Gasteiger partial charge in [0.1, 0.15) is 11.3 Å². The van der Waals surface area contributed by atoms with Gasteiger partial charge in [0.15, 0.2) is 0 Å². The van der Waals surface area contributed by atoms with Crippen molar-refractivity contribution in [3.8, 4) is 0 Å². The fourth-order valence-corrected chi connectivity index (χ4v) is 2.92. The maximum Gasteiger partial charge on any atom is 0.340 e. The molecule has 7 heteroatoms. The molecule has 1 heterocycles. The van der Waals surface area contributed by atoms with E-state index in [1.54, 1.807) is 32.9 Å². The van der Waals surface area contributed by atoms with E-state index >= 15 is 0 Å². The first-order valence-electron chi connectivity index (χ1n) is 7.88. The zero-order chi connectivity index (χ0) is 18.6. The summed E-state index contributed by atoms with van der Waals surface area (Å²) in [6.07, 6.45) is 0. The number of nitrogens with two attached hydrogens (primary N) is 1. The van der Waals surface area contributed by atoms with E-state index in [1.165, 1.54) is 0 Å². The molecule has 1 aromatic rings. The first-order chi connectivity index (χ1) is 11.9. The van der Waals surface area contributed by atoms with Crippen molar-refractivity contribution in [3.63, 3.8) is 0 Å². The molecule has 0 radical (unpaired) electrons. The van der Waals surface area contributed by atoms with Crippen LogP contribution in [0.4, 0.5) is 0 Å². The molecule has 0 amide bonds. The van der Waals surface area contributed by atoms with E-state index in [4.69, 9.17) is 19.9 Å².